The molecule has 24 heavy (non-hydrogen) atoms. The molecule has 2 rings (SSSR count). The van der Waals surface area contributed by atoms with E-state index >= 15 is 0 Å². The number of aromatic hydroxyl groups is 1. The van der Waals surface area contributed by atoms with Gasteiger partial charge in [-0.2, -0.15) is 0 Å². The van der Waals surface area contributed by atoms with Gasteiger partial charge in [0.1, 0.15) is 11.5 Å². The average Bonchev–Trinajstić information content (AvgIpc) is 2.47. The molecule has 0 saturated heterocycles. The molecule has 4 nitrogen and oxygen atoms in total. The summed E-state index contributed by atoms with van der Waals surface area (Å²) in [5.74, 6) is 0.851. The van der Waals surface area contributed by atoms with E-state index in [9.17, 15) is 13.5 Å². The van der Waals surface area contributed by atoms with Gasteiger partial charge in [-0.3, -0.25) is 0 Å². The molecule has 0 saturated carbocycles. The first-order valence-electron chi connectivity index (χ1n) is 7.87. The van der Waals surface area contributed by atoms with Crippen LogP contribution < -0.4 is 4.74 Å². The molecule has 0 aliphatic carbocycles. The van der Waals surface area contributed by atoms with Crippen molar-refractivity contribution in [2.24, 2.45) is 0 Å². The van der Waals surface area contributed by atoms with Crippen LogP contribution in [0.15, 0.2) is 34.1 Å². The third kappa shape index (κ3) is 3.41. The molecule has 5 heteroatoms. The number of rotatable bonds is 4. The Balaban J connectivity index is 2.59. The number of sulfone groups is 1. The summed E-state index contributed by atoms with van der Waals surface area (Å²) < 4.78 is 31.7. The first kappa shape index (κ1) is 18.3. The Bertz CT molecular complexity index is 834. The number of ether oxygens (including phenoxy) is 1. The molecule has 0 radical (unpaired) electrons. The number of phenolic OH excluding ortho intramolecular Hbond substituents is 1. The molecule has 0 spiro atoms. The lowest BCUT2D eigenvalue weighted by Crippen LogP contribution is -2.10. The van der Waals surface area contributed by atoms with Crippen LogP contribution in [0.5, 0.6) is 11.5 Å². The van der Waals surface area contributed by atoms with Crippen LogP contribution in [0.2, 0.25) is 0 Å². The second-order valence-electron chi connectivity index (χ2n) is 6.46. The van der Waals surface area contributed by atoms with E-state index in [2.05, 4.69) is 0 Å². The highest BCUT2D eigenvalue weighted by Crippen LogP contribution is 2.33. The van der Waals surface area contributed by atoms with Gasteiger partial charge in [-0.05, 0) is 88.1 Å². The van der Waals surface area contributed by atoms with E-state index in [1.165, 1.54) is 12.1 Å². The summed E-state index contributed by atoms with van der Waals surface area (Å²) in [4.78, 5) is 0.421. The fraction of sp³-hybridized carbons (Fsp3) is 0.368. The van der Waals surface area contributed by atoms with Crippen molar-refractivity contribution in [1.82, 2.24) is 0 Å². The molecule has 0 amide bonds. The first-order chi connectivity index (χ1) is 11.0. The average molecular weight is 348 g/mol. The Kier molecular flexibility index (Phi) is 4.95. The lowest BCUT2D eigenvalue weighted by molar-refractivity contribution is 0.239. The summed E-state index contributed by atoms with van der Waals surface area (Å²) in [5, 5.41) is 9.86. The summed E-state index contributed by atoms with van der Waals surface area (Å²) >= 11 is 0. The van der Waals surface area contributed by atoms with Crippen LogP contribution in [-0.4, -0.2) is 19.6 Å². The standard InChI is InChI=1S/C19H24O4S/c1-11(2)23-19-14(5)9-17(10-15(19)6)24(21,22)16-7-12(3)18(20)13(4)8-16/h7-11,20H,1-6H3. The predicted molar refractivity (Wildman–Crippen MR) is 94.7 cm³/mol. The maximum atomic E-state index is 13.0. The van der Waals surface area contributed by atoms with Gasteiger partial charge < -0.3 is 9.84 Å². The lowest BCUT2D eigenvalue weighted by atomic mass is 10.1. The number of benzene rings is 2. The lowest BCUT2D eigenvalue weighted by Gasteiger charge is -2.17. The molecule has 0 unspecified atom stereocenters. The van der Waals surface area contributed by atoms with Gasteiger partial charge in [0.2, 0.25) is 9.84 Å². The minimum absolute atomic E-state index is 0.0206. The van der Waals surface area contributed by atoms with Gasteiger partial charge in [0.25, 0.3) is 0 Å². The monoisotopic (exact) mass is 348 g/mol. The number of hydrogen-bond acceptors (Lipinski definition) is 4. The molecule has 1 N–H and O–H groups in total. The molecule has 0 aliphatic rings. The maximum absolute atomic E-state index is 13.0. The van der Waals surface area contributed by atoms with Crippen molar-refractivity contribution in [3.8, 4) is 11.5 Å². The Labute approximate surface area is 144 Å². The highest BCUT2D eigenvalue weighted by atomic mass is 32.2. The zero-order chi connectivity index (χ0) is 18.2. The maximum Gasteiger partial charge on any atom is 0.206 e. The van der Waals surface area contributed by atoms with Gasteiger partial charge in [-0.25, -0.2) is 8.42 Å². The molecule has 0 aromatic heterocycles. The molecule has 0 heterocycles. The minimum atomic E-state index is -3.66. The Hall–Kier alpha value is -2.01. The molecular weight excluding hydrogens is 324 g/mol. The Morgan fingerprint density at radius 1 is 0.833 bits per heavy atom. The SMILES string of the molecule is Cc1cc(S(=O)(=O)c2cc(C)c(OC(C)C)c(C)c2)cc(C)c1O. The number of phenols is 1. The molecular formula is C19H24O4S. The zero-order valence-electron chi connectivity index (χ0n) is 15.0. The molecule has 2 aromatic carbocycles. The predicted octanol–water partition coefficient (Wildman–Crippen LogP) is 4.25. The molecule has 2 aromatic rings. The summed E-state index contributed by atoms with van der Waals surface area (Å²) in [7, 11) is -3.66. The fourth-order valence-electron chi connectivity index (χ4n) is 2.69. The van der Waals surface area contributed by atoms with E-state index in [1.807, 2.05) is 27.7 Å². The van der Waals surface area contributed by atoms with Gasteiger partial charge in [0, 0.05) is 0 Å². The summed E-state index contributed by atoms with van der Waals surface area (Å²) in [5.41, 5.74) is 2.66. The number of hydrogen-bond donors (Lipinski definition) is 1. The normalized spacial score (nSPS) is 11.8. The van der Waals surface area contributed by atoms with Crippen molar-refractivity contribution >= 4 is 9.84 Å². The van der Waals surface area contributed by atoms with Gasteiger partial charge in [0.05, 0.1) is 15.9 Å². The summed E-state index contributed by atoms with van der Waals surface area (Å²) in [6.45, 7) is 10.9. The van der Waals surface area contributed by atoms with Crippen LogP contribution >= 0.6 is 0 Å². The molecule has 0 aliphatic heterocycles. The van der Waals surface area contributed by atoms with Crippen molar-refractivity contribution in [3.63, 3.8) is 0 Å². The summed E-state index contributed by atoms with van der Waals surface area (Å²) in [6, 6.07) is 6.27. The fourth-order valence-corrected chi connectivity index (χ4v) is 4.29. The topological polar surface area (TPSA) is 63.6 Å². The van der Waals surface area contributed by atoms with E-state index in [4.69, 9.17) is 4.74 Å². The molecule has 0 bridgehead atoms. The van der Waals surface area contributed by atoms with Gasteiger partial charge >= 0.3 is 0 Å². The van der Waals surface area contributed by atoms with Crippen LogP contribution in [0.3, 0.4) is 0 Å². The van der Waals surface area contributed by atoms with Crippen LogP contribution in [-0.2, 0) is 9.84 Å². The van der Waals surface area contributed by atoms with Crippen molar-refractivity contribution in [3.05, 3.63) is 46.5 Å². The van der Waals surface area contributed by atoms with E-state index in [0.717, 1.165) is 16.9 Å². The highest BCUT2D eigenvalue weighted by molar-refractivity contribution is 7.91. The Morgan fingerprint density at radius 3 is 1.58 bits per heavy atom. The van der Waals surface area contributed by atoms with Crippen LogP contribution in [0.1, 0.15) is 36.1 Å². The third-order valence-electron chi connectivity index (χ3n) is 3.87. The second-order valence-corrected chi connectivity index (χ2v) is 8.41. The second kappa shape index (κ2) is 6.48. The molecule has 0 fully saturated rings. The zero-order valence-corrected chi connectivity index (χ0v) is 15.8. The van der Waals surface area contributed by atoms with Gasteiger partial charge in [-0.15, -0.1) is 0 Å². The highest BCUT2D eigenvalue weighted by Gasteiger charge is 2.22. The van der Waals surface area contributed by atoms with Crippen molar-refractivity contribution < 1.29 is 18.3 Å². The van der Waals surface area contributed by atoms with E-state index in [-0.39, 0.29) is 21.6 Å². The van der Waals surface area contributed by atoms with Gasteiger partial charge in [-0.1, -0.05) is 0 Å². The Morgan fingerprint density at radius 2 is 1.21 bits per heavy atom. The van der Waals surface area contributed by atoms with E-state index < -0.39 is 9.84 Å². The first-order valence-corrected chi connectivity index (χ1v) is 9.35. The number of aryl methyl sites for hydroxylation is 4. The van der Waals surface area contributed by atoms with Crippen LogP contribution in [0.25, 0.3) is 0 Å². The summed E-state index contributed by atoms with van der Waals surface area (Å²) in [6.07, 6.45) is 0.0206. The molecule has 0 atom stereocenters. The smallest absolute Gasteiger partial charge is 0.206 e. The minimum Gasteiger partial charge on any atom is -0.507 e. The quantitative estimate of drug-likeness (QED) is 0.897. The largest absolute Gasteiger partial charge is 0.507 e. The van der Waals surface area contributed by atoms with Crippen LogP contribution in [0.4, 0.5) is 0 Å². The van der Waals surface area contributed by atoms with Crippen molar-refractivity contribution in [2.45, 2.75) is 57.4 Å². The van der Waals surface area contributed by atoms with Crippen LogP contribution in [0, 0.1) is 27.7 Å². The molecule has 130 valence electrons. The van der Waals surface area contributed by atoms with E-state index in [0.29, 0.717) is 11.1 Å². The van der Waals surface area contributed by atoms with Crippen molar-refractivity contribution in [1.29, 1.82) is 0 Å². The van der Waals surface area contributed by atoms with Crippen molar-refractivity contribution in [2.75, 3.05) is 0 Å². The van der Waals surface area contributed by atoms with Gasteiger partial charge in [0.15, 0.2) is 0 Å². The third-order valence-corrected chi connectivity index (χ3v) is 5.59. The van der Waals surface area contributed by atoms with E-state index in [1.54, 1.807) is 26.0 Å².